The summed E-state index contributed by atoms with van der Waals surface area (Å²) in [4.78, 5) is 31.8. The van der Waals surface area contributed by atoms with Crippen molar-refractivity contribution in [3.05, 3.63) is 82.8 Å². The number of ether oxygens (including phenoxy) is 2. The van der Waals surface area contributed by atoms with E-state index in [0.717, 1.165) is 11.6 Å². The minimum absolute atomic E-state index is 0.145. The van der Waals surface area contributed by atoms with Gasteiger partial charge in [0, 0.05) is 47.3 Å². The van der Waals surface area contributed by atoms with E-state index in [1.807, 2.05) is 26.0 Å². The molecule has 3 heterocycles. The first-order valence-electron chi connectivity index (χ1n) is 13.5. The number of nitrogens with two attached hydrogens (primary N) is 1. The number of hydrogen-bond acceptors (Lipinski definition) is 6. The van der Waals surface area contributed by atoms with Crippen molar-refractivity contribution in [3.63, 3.8) is 0 Å². The van der Waals surface area contributed by atoms with Gasteiger partial charge in [0.15, 0.2) is 5.69 Å². The van der Waals surface area contributed by atoms with E-state index < -0.39 is 23.1 Å². The number of carbonyl (C=O) groups excluding carboxylic acids is 2. The van der Waals surface area contributed by atoms with Crippen molar-refractivity contribution < 1.29 is 27.8 Å². The van der Waals surface area contributed by atoms with Crippen LogP contribution in [-0.4, -0.2) is 63.9 Å². The number of halogens is 2. The highest BCUT2D eigenvalue weighted by Gasteiger charge is 2.39. The molecule has 4 aromatic rings. The van der Waals surface area contributed by atoms with Crippen LogP contribution in [0.1, 0.15) is 45.8 Å². The van der Waals surface area contributed by atoms with Crippen LogP contribution in [0.3, 0.4) is 0 Å². The Morgan fingerprint density at radius 3 is 2.48 bits per heavy atom. The van der Waals surface area contributed by atoms with E-state index in [1.54, 1.807) is 24.3 Å². The Kier molecular flexibility index (Phi) is 6.77. The molecule has 0 bridgehead atoms. The molecular formula is C31H29F2N5O4. The van der Waals surface area contributed by atoms with Gasteiger partial charge in [0.25, 0.3) is 5.91 Å². The molecule has 2 N–H and O–H groups in total. The number of hydrogen-bond donors (Lipinski definition) is 1. The van der Waals surface area contributed by atoms with Crippen LogP contribution >= 0.6 is 0 Å². The minimum Gasteiger partial charge on any atom is -0.496 e. The van der Waals surface area contributed by atoms with E-state index in [2.05, 4.69) is 4.98 Å². The van der Waals surface area contributed by atoms with Gasteiger partial charge < -0.3 is 20.1 Å². The van der Waals surface area contributed by atoms with E-state index in [4.69, 9.17) is 20.3 Å². The zero-order valence-electron chi connectivity index (χ0n) is 23.4. The fraction of sp³-hybridized carbons (Fsp3) is 0.290. The van der Waals surface area contributed by atoms with E-state index in [-0.39, 0.29) is 22.9 Å². The third-order valence-corrected chi connectivity index (χ3v) is 7.83. The molecule has 1 aliphatic heterocycles. The van der Waals surface area contributed by atoms with Gasteiger partial charge in [-0.2, -0.15) is 5.10 Å². The van der Waals surface area contributed by atoms with Crippen molar-refractivity contribution >= 4 is 11.8 Å². The molecule has 2 amide bonds. The molecule has 1 aliphatic carbocycles. The number of primary amides is 1. The maximum absolute atomic E-state index is 14.5. The number of amides is 2. The average Bonchev–Trinajstić information content (AvgIpc) is 3.36. The molecule has 0 unspecified atom stereocenters. The summed E-state index contributed by atoms with van der Waals surface area (Å²) in [6.45, 7) is 5.02. The lowest BCUT2D eigenvalue weighted by Crippen LogP contribution is -2.55. The summed E-state index contributed by atoms with van der Waals surface area (Å²) in [5.41, 5.74) is 9.61. The van der Waals surface area contributed by atoms with E-state index in [9.17, 15) is 18.4 Å². The molecule has 11 heteroatoms. The highest BCUT2D eigenvalue weighted by Crippen LogP contribution is 2.43. The number of pyridine rings is 1. The normalized spacial score (nSPS) is 15.6. The van der Waals surface area contributed by atoms with Crippen LogP contribution in [0.4, 0.5) is 8.78 Å². The Morgan fingerprint density at radius 1 is 1.02 bits per heavy atom. The third kappa shape index (κ3) is 4.69. The Bertz CT molecular complexity index is 1730. The largest absolute Gasteiger partial charge is 0.496 e. The average molecular weight is 574 g/mol. The molecule has 1 saturated heterocycles. The van der Waals surface area contributed by atoms with Crippen molar-refractivity contribution in [2.75, 3.05) is 26.9 Å². The summed E-state index contributed by atoms with van der Waals surface area (Å²) in [5.74, 6) is -1.88. The molecular weight excluding hydrogens is 544 g/mol. The zero-order chi connectivity index (χ0) is 29.8. The van der Waals surface area contributed by atoms with Gasteiger partial charge in [-0.05, 0) is 62.6 Å². The number of fused-ring (bicyclic) bond motifs is 3. The Balaban J connectivity index is 1.59. The van der Waals surface area contributed by atoms with Gasteiger partial charge in [-0.1, -0.05) is 0 Å². The molecule has 216 valence electrons. The summed E-state index contributed by atoms with van der Waals surface area (Å²) < 4.78 is 41.7. The fourth-order valence-corrected chi connectivity index (χ4v) is 5.77. The van der Waals surface area contributed by atoms with Crippen LogP contribution in [0.5, 0.6) is 5.75 Å². The van der Waals surface area contributed by atoms with Gasteiger partial charge in [0.05, 0.1) is 42.8 Å². The number of morpholine rings is 1. The van der Waals surface area contributed by atoms with Gasteiger partial charge in [-0.15, -0.1) is 0 Å². The van der Waals surface area contributed by atoms with Crippen LogP contribution in [0.2, 0.25) is 0 Å². The lowest BCUT2D eigenvalue weighted by molar-refractivity contribution is -0.0373. The molecule has 0 radical (unpaired) electrons. The number of aromatic nitrogens is 3. The van der Waals surface area contributed by atoms with E-state index in [0.29, 0.717) is 66.3 Å². The molecule has 0 spiro atoms. The molecule has 2 aliphatic rings. The predicted molar refractivity (Wildman–Crippen MR) is 151 cm³/mol. The van der Waals surface area contributed by atoms with Gasteiger partial charge >= 0.3 is 0 Å². The number of nitrogens with zero attached hydrogens (tertiary/aromatic N) is 4. The van der Waals surface area contributed by atoms with Crippen LogP contribution in [0.25, 0.3) is 28.1 Å². The zero-order valence-corrected chi connectivity index (χ0v) is 23.4. The molecule has 2 aromatic heterocycles. The molecule has 0 atom stereocenters. The fourth-order valence-electron chi connectivity index (χ4n) is 5.77. The summed E-state index contributed by atoms with van der Waals surface area (Å²) >= 11 is 0. The lowest BCUT2D eigenvalue weighted by atomic mass is 9.86. The molecule has 0 saturated carbocycles. The Hall–Kier alpha value is -4.64. The first-order valence-corrected chi connectivity index (χ1v) is 13.5. The molecule has 42 heavy (non-hydrogen) atoms. The van der Waals surface area contributed by atoms with Crippen LogP contribution in [-0.2, 0) is 17.6 Å². The highest BCUT2D eigenvalue weighted by molar-refractivity contribution is 5.98. The second kappa shape index (κ2) is 10.3. The third-order valence-electron chi connectivity index (χ3n) is 7.83. The molecule has 6 rings (SSSR count). The van der Waals surface area contributed by atoms with Crippen molar-refractivity contribution in [1.29, 1.82) is 0 Å². The Morgan fingerprint density at radius 2 is 1.79 bits per heavy atom. The second-order valence-electron chi connectivity index (χ2n) is 11.1. The number of rotatable bonds is 5. The van der Waals surface area contributed by atoms with Crippen LogP contribution < -0.4 is 10.5 Å². The summed E-state index contributed by atoms with van der Waals surface area (Å²) in [5, 5.41) is 4.71. The lowest BCUT2D eigenvalue weighted by Gasteiger charge is -2.41. The van der Waals surface area contributed by atoms with Crippen LogP contribution in [0.15, 0.2) is 48.8 Å². The molecule has 1 fully saturated rings. The van der Waals surface area contributed by atoms with Crippen molar-refractivity contribution in [1.82, 2.24) is 19.7 Å². The van der Waals surface area contributed by atoms with Gasteiger partial charge in [0.2, 0.25) is 5.91 Å². The van der Waals surface area contributed by atoms with Crippen molar-refractivity contribution in [2.24, 2.45) is 5.73 Å². The summed E-state index contributed by atoms with van der Waals surface area (Å²) in [7, 11) is 1.55. The van der Waals surface area contributed by atoms with Crippen molar-refractivity contribution in [2.45, 2.75) is 32.2 Å². The number of methoxy groups -OCH3 is 1. The summed E-state index contributed by atoms with van der Waals surface area (Å²) in [6.07, 6.45) is 4.03. The minimum atomic E-state index is -0.766. The molecule has 9 nitrogen and oxygen atoms in total. The maximum atomic E-state index is 14.5. The topological polar surface area (TPSA) is 113 Å². The smallest absolute Gasteiger partial charge is 0.275 e. The molecule has 2 aromatic carbocycles. The first-order chi connectivity index (χ1) is 20.1. The number of benzene rings is 2. The van der Waals surface area contributed by atoms with E-state index >= 15 is 0 Å². The summed E-state index contributed by atoms with van der Waals surface area (Å²) in [6, 6.07) is 8.54. The number of carbonyl (C=O) groups is 2. The van der Waals surface area contributed by atoms with Crippen molar-refractivity contribution in [3.8, 4) is 33.8 Å². The monoisotopic (exact) mass is 573 g/mol. The van der Waals surface area contributed by atoms with Gasteiger partial charge in [-0.3, -0.25) is 14.6 Å². The second-order valence-corrected chi connectivity index (χ2v) is 11.1. The maximum Gasteiger partial charge on any atom is 0.275 e. The van der Waals surface area contributed by atoms with Crippen LogP contribution in [0, 0.1) is 11.6 Å². The quantitative estimate of drug-likeness (QED) is 0.380. The Labute approximate surface area is 240 Å². The van der Waals surface area contributed by atoms with E-state index in [1.165, 1.54) is 23.0 Å². The number of aryl methyl sites for hydroxylation is 1. The van der Waals surface area contributed by atoms with Gasteiger partial charge in [0.1, 0.15) is 17.4 Å². The SMILES string of the molecule is COc1cc2c(cc1-c1cncc(C(N)=O)c1)-c1c(c(C(=O)N3CCOCC3(C)C)nn1-c1cc(F)cc(F)c1)CC2. The standard InChI is InChI=1S/C31H29F2N5O4/c1-31(2)16-42-7-6-37(31)30(40)27-23-5-4-17-9-26(41-3)24(18-8-19(29(34)39)15-35-14-18)13-25(17)28(23)38(36-27)22-11-20(32)10-21(33)12-22/h8-15H,4-7,16H2,1-3H3,(H2,34,39). The predicted octanol–water partition coefficient (Wildman–Crippen LogP) is 4.34. The first kappa shape index (κ1) is 27.5. The van der Waals surface area contributed by atoms with Gasteiger partial charge in [-0.25, -0.2) is 13.5 Å². The highest BCUT2D eigenvalue weighted by atomic mass is 19.1.